The monoisotopic (exact) mass is 262 g/mol. The number of nitrogens with zero attached hydrogens (tertiary/aromatic N) is 4. The van der Waals surface area contributed by atoms with Crippen LogP contribution in [0, 0.1) is 5.41 Å². The highest BCUT2D eigenvalue weighted by Gasteiger charge is 2.09. The number of ether oxygens (including phenoxy) is 1. The zero-order valence-corrected chi connectivity index (χ0v) is 10.9. The van der Waals surface area contributed by atoms with E-state index in [0.717, 1.165) is 11.5 Å². The molecule has 3 N–H and O–H groups in total. The van der Waals surface area contributed by atoms with Crippen molar-refractivity contribution in [3.05, 3.63) is 24.5 Å². The van der Waals surface area contributed by atoms with E-state index in [1.54, 1.807) is 17.8 Å². The van der Waals surface area contributed by atoms with Gasteiger partial charge in [0.15, 0.2) is 5.65 Å². The summed E-state index contributed by atoms with van der Waals surface area (Å²) in [5.41, 5.74) is 6.21. The molecule has 0 atom stereocenters. The summed E-state index contributed by atoms with van der Waals surface area (Å²) in [6.45, 7) is 1.96. The lowest BCUT2D eigenvalue weighted by molar-refractivity contribution is 0.205. The van der Waals surface area contributed by atoms with E-state index in [-0.39, 0.29) is 5.84 Å². The van der Waals surface area contributed by atoms with Crippen molar-refractivity contribution in [3.8, 4) is 0 Å². The molecule has 0 aliphatic carbocycles. The van der Waals surface area contributed by atoms with E-state index >= 15 is 0 Å². The van der Waals surface area contributed by atoms with E-state index in [4.69, 9.17) is 15.9 Å². The third-order valence-corrected chi connectivity index (χ3v) is 2.78. The van der Waals surface area contributed by atoms with Crippen molar-refractivity contribution in [3.63, 3.8) is 0 Å². The Kier molecular flexibility index (Phi) is 4.30. The van der Waals surface area contributed by atoms with Crippen LogP contribution in [-0.2, 0) is 4.74 Å². The van der Waals surface area contributed by atoms with Crippen LogP contribution in [0.15, 0.2) is 24.5 Å². The third-order valence-electron chi connectivity index (χ3n) is 2.78. The Bertz CT molecular complexity index is 552. The first kappa shape index (κ1) is 13.3. The topological polar surface area (TPSA) is 92.5 Å². The molecular weight excluding hydrogens is 244 g/mol. The molecule has 0 bridgehead atoms. The highest BCUT2D eigenvalue weighted by Crippen LogP contribution is 2.12. The van der Waals surface area contributed by atoms with E-state index in [9.17, 15) is 0 Å². The van der Waals surface area contributed by atoms with Gasteiger partial charge >= 0.3 is 0 Å². The minimum Gasteiger partial charge on any atom is -0.388 e. The van der Waals surface area contributed by atoms with Crippen LogP contribution in [-0.4, -0.2) is 47.2 Å². The van der Waals surface area contributed by atoms with Gasteiger partial charge in [0.1, 0.15) is 5.82 Å². The van der Waals surface area contributed by atoms with E-state index in [0.29, 0.717) is 26.1 Å². The third kappa shape index (κ3) is 3.41. The summed E-state index contributed by atoms with van der Waals surface area (Å²) in [6.07, 6.45) is 4.09. The number of nitrogens with one attached hydrogen (secondary N) is 1. The lowest BCUT2D eigenvalue weighted by Crippen LogP contribution is -2.31. The Labute approximate surface area is 111 Å². The van der Waals surface area contributed by atoms with Crippen LogP contribution in [0.1, 0.15) is 6.42 Å². The second-order valence-electron chi connectivity index (χ2n) is 4.17. The fourth-order valence-corrected chi connectivity index (χ4v) is 1.78. The van der Waals surface area contributed by atoms with Gasteiger partial charge in [-0.3, -0.25) is 5.41 Å². The van der Waals surface area contributed by atoms with Gasteiger partial charge in [-0.15, -0.1) is 0 Å². The molecule has 19 heavy (non-hydrogen) atoms. The van der Waals surface area contributed by atoms with Crippen molar-refractivity contribution in [2.75, 3.05) is 31.7 Å². The zero-order valence-electron chi connectivity index (χ0n) is 10.9. The van der Waals surface area contributed by atoms with Gasteiger partial charge in [0.2, 0.25) is 0 Å². The van der Waals surface area contributed by atoms with Gasteiger partial charge in [-0.05, 0) is 6.07 Å². The van der Waals surface area contributed by atoms with Gasteiger partial charge in [0.05, 0.1) is 18.6 Å². The molecule has 0 unspecified atom stereocenters. The minimum absolute atomic E-state index is 0.174. The summed E-state index contributed by atoms with van der Waals surface area (Å²) in [5, 5.41) is 11.4. The van der Waals surface area contributed by atoms with E-state index in [2.05, 4.69) is 15.0 Å². The van der Waals surface area contributed by atoms with Crippen molar-refractivity contribution in [2.24, 2.45) is 5.73 Å². The fraction of sp³-hybridized carbons (Fsp3) is 0.417. The van der Waals surface area contributed by atoms with Crippen LogP contribution in [0.5, 0.6) is 0 Å². The first-order chi connectivity index (χ1) is 9.20. The number of fused-ring (bicyclic) bond motifs is 1. The van der Waals surface area contributed by atoms with Gasteiger partial charge < -0.3 is 15.4 Å². The first-order valence-corrected chi connectivity index (χ1v) is 6.08. The molecule has 2 aromatic rings. The molecule has 7 nitrogen and oxygen atoms in total. The van der Waals surface area contributed by atoms with Crippen LogP contribution in [0.3, 0.4) is 0 Å². The Balaban J connectivity index is 2.16. The number of hydrogen-bond acceptors (Lipinski definition) is 5. The molecule has 7 heteroatoms. The van der Waals surface area contributed by atoms with Crippen molar-refractivity contribution in [2.45, 2.75) is 6.42 Å². The summed E-state index contributed by atoms with van der Waals surface area (Å²) < 4.78 is 6.81. The SMILES string of the molecule is COCCN(CCC(=N)N)c1ccn2nccc2n1. The van der Waals surface area contributed by atoms with Crippen molar-refractivity contribution in [1.29, 1.82) is 5.41 Å². The van der Waals surface area contributed by atoms with E-state index < -0.39 is 0 Å². The molecule has 2 rings (SSSR count). The number of amidine groups is 1. The largest absolute Gasteiger partial charge is 0.388 e. The van der Waals surface area contributed by atoms with Crippen LogP contribution >= 0.6 is 0 Å². The molecule has 0 radical (unpaired) electrons. The number of hydrogen-bond donors (Lipinski definition) is 2. The molecule has 0 spiro atoms. The maximum absolute atomic E-state index is 7.32. The molecule has 0 aliphatic heterocycles. The smallest absolute Gasteiger partial charge is 0.157 e. The fourth-order valence-electron chi connectivity index (χ4n) is 1.78. The quantitative estimate of drug-likeness (QED) is 0.560. The second kappa shape index (κ2) is 6.14. The Morgan fingerprint density at radius 2 is 2.32 bits per heavy atom. The van der Waals surface area contributed by atoms with Crippen LogP contribution in [0.25, 0.3) is 5.65 Å². The van der Waals surface area contributed by atoms with Crippen molar-refractivity contribution >= 4 is 17.3 Å². The van der Waals surface area contributed by atoms with Gasteiger partial charge in [-0.25, -0.2) is 9.50 Å². The lowest BCUT2D eigenvalue weighted by Gasteiger charge is -2.23. The molecule has 0 amide bonds. The van der Waals surface area contributed by atoms with Crippen molar-refractivity contribution < 1.29 is 4.74 Å². The van der Waals surface area contributed by atoms with Crippen LogP contribution in [0.4, 0.5) is 5.82 Å². The molecule has 0 saturated carbocycles. The number of methoxy groups -OCH3 is 1. The summed E-state index contributed by atoms with van der Waals surface area (Å²) in [4.78, 5) is 6.58. The number of anilines is 1. The van der Waals surface area contributed by atoms with Gasteiger partial charge in [-0.2, -0.15) is 5.10 Å². The molecule has 0 aromatic carbocycles. The van der Waals surface area contributed by atoms with E-state index in [1.165, 1.54) is 0 Å². The van der Waals surface area contributed by atoms with Crippen LogP contribution < -0.4 is 10.6 Å². The Morgan fingerprint density at radius 3 is 3.05 bits per heavy atom. The highest BCUT2D eigenvalue weighted by molar-refractivity contribution is 5.77. The molecule has 0 aliphatic rings. The van der Waals surface area contributed by atoms with Gasteiger partial charge in [0.25, 0.3) is 0 Å². The van der Waals surface area contributed by atoms with Gasteiger partial charge in [0, 0.05) is 38.9 Å². The molecule has 102 valence electrons. The number of rotatable bonds is 7. The average molecular weight is 262 g/mol. The predicted molar refractivity (Wildman–Crippen MR) is 73.6 cm³/mol. The van der Waals surface area contributed by atoms with Gasteiger partial charge in [-0.1, -0.05) is 0 Å². The predicted octanol–water partition coefficient (Wildman–Crippen LogP) is 0.508. The summed E-state index contributed by atoms with van der Waals surface area (Å²) in [6, 6.07) is 3.75. The average Bonchev–Trinajstić information content (AvgIpc) is 2.85. The molecule has 2 aromatic heterocycles. The van der Waals surface area contributed by atoms with Crippen molar-refractivity contribution in [1.82, 2.24) is 14.6 Å². The molecule has 0 saturated heterocycles. The highest BCUT2D eigenvalue weighted by atomic mass is 16.5. The maximum atomic E-state index is 7.32. The molecular formula is C12H18N6O. The Hall–Kier alpha value is -2.15. The number of aromatic nitrogens is 3. The number of nitrogens with two attached hydrogens (primary N) is 1. The molecule has 2 heterocycles. The first-order valence-electron chi connectivity index (χ1n) is 6.08. The normalized spacial score (nSPS) is 10.8. The maximum Gasteiger partial charge on any atom is 0.157 e. The lowest BCUT2D eigenvalue weighted by atomic mass is 10.3. The standard InChI is InChI=1S/C12H18N6O/c1-19-9-8-17(6-3-10(13)14)11-4-7-18-12(16-11)2-5-15-18/h2,4-5,7H,3,6,8-9H2,1H3,(H3,13,14). The summed E-state index contributed by atoms with van der Waals surface area (Å²) >= 11 is 0. The zero-order chi connectivity index (χ0) is 13.7. The second-order valence-corrected chi connectivity index (χ2v) is 4.17. The summed E-state index contributed by atoms with van der Waals surface area (Å²) in [5.74, 6) is 1.01. The van der Waals surface area contributed by atoms with E-state index in [1.807, 2.05) is 18.3 Å². The molecule has 0 fully saturated rings. The Morgan fingerprint density at radius 1 is 1.47 bits per heavy atom. The summed E-state index contributed by atoms with van der Waals surface area (Å²) in [7, 11) is 1.66. The minimum atomic E-state index is 0.174. The van der Waals surface area contributed by atoms with Crippen LogP contribution in [0.2, 0.25) is 0 Å².